The lowest BCUT2D eigenvalue weighted by Crippen LogP contribution is -2.22. The molecule has 0 aliphatic heterocycles. The summed E-state index contributed by atoms with van der Waals surface area (Å²) in [5.74, 6) is -0.272. The van der Waals surface area contributed by atoms with E-state index in [0.29, 0.717) is 16.6 Å². The second-order valence-electron chi connectivity index (χ2n) is 4.58. The van der Waals surface area contributed by atoms with Crippen LogP contribution in [0.4, 0.5) is 10.1 Å². The highest BCUT2D eigenvalue weighted by molar-refractivity contribution is 9.10. The molecule has 0 amide bonds. The van der Waals surface area contributed by atoms with E-state index >= 15 is 0 Å². The molecule has 1 atom stereocenters. The van der Waals surface area contributed by atoms with Crippen LogP contribution >= 0.6 is 31.9 Å². The standard InChI is InChI=1S/C15H15Br2FN2/c1-9-2-5-12(17)14(6-9)20-15(8-19)11-4-3-10(16)7-13(11)18/h2-7,15,20H,8,19H2,1H3. The van der Waals surface area contributed by atoms with Gasteiger partial charge in [0.05, 0.1) is 6.04 Å². The van der Waals surface area contributed by atoms with E-state index in [-0.39, 0.29) is 11.9 Å². The van der Waals surface area contributed by atoms with Gasteiger partial charge in [-0.05, 0) is 52.7 Å². The van der Waals surface area contributed by atoms with Gasteiger partial charge in [-0.2, -0.15) is 0 Å². The fourth-order valence-corrected chi connectivity index (χ4v) is 2.68. The summed E-state index contributed by atoms with van der Waals surface area (Å²) in [5.41, 5.74) is 8.38. The van der Waals surface area contributed by atoms with Crippen LogP contribution < -0.4 is 11.1 Å². The first-order valence-electron chi connectivity index (χ1n) is 6.19. The van der Waals surface area contributed by atoms with E-state index in [2.05, 4.69) is 37.2 Å². The number of hydrogen-bond acceptors (Lipinski definition) is 2. The zero-order valence-electron chi connectivity index (χ0n) is 11.0. The zero-order chi connectivity index (χ0) is 14.7. The summed E-state index contributed by atoms with van der Waals surface area (Å²) in [4.78, 5) is 0. The number of benzene rings is 2. The molecular formula is C15H15Br2FN2. The molecule has 0 radical (unpaired) electrons. The Hall–Kier alpha value is -0.910. The van der Waals surface area contributed by atoms with Gasteiger partial charge in [0.25, 0.3) is 0 Å². The Morgan fingerprint density at radius 2 is 1.95 bits per heavy atom. The molecule has 106 valence electrons. The molecule has 0 aromatic heterocycles. The van der Waals surface area contributed by atoms with E-state index in [9.17, 15) is 4.39 Å². The van der Waals surface area contributed by atoms with Gasteiger partial charge in [-0.15, -0.1) is 0 Å². The Kier molecular flexibility index (Phi) is 5.18. The van der Waals surface area contributed by atoms with E-state index in [1.165, 1.54) is 6.07 Å². The molecule has 2 rings (SSSR count). The molecule has 0 spiro atoms. The van der Waals surface area contributed by atoms with Gasteiger partial charge in [0.2, 0.25) is 0 Å². The van der Waals surface area contributed by atoms with Crippen LogP contribution in [0, 0.1) is 12.7 Å². The first-order chi connectivity index (χ1) is 9.51. The molecule has 0 aliphatic carbocycles. The van der Waals surface area contributed by atoms with E-state index < -0.39 is 0 Å². The first-order valence-corrected chi connectivity index (χ1v) is 7.77. The third-order valence-electron chi connectivity index (χ3n) is 3.03. The van der Waals surface area contributed by atoms with Gasteiger partial charge in [-0.25, -0.2) is 4.39 Å². The van der Waals surface area contributed by atoms with E-state index in [4.69, 9.17) is 5.73 Å². The predicted octanol–water partition coefficient (Wildman–Crippen LogP) is 4.77. The summed E-state index contributed by atoms with van der Waals surface area (Å²) in [6, 6.07) is 10.7. The predicted molar refractivity (Wildman–Crippen MR) is 88.4 cm³/mol. The third kappa shape index (κ3) is 3.59. The number of rotatable bonds is 4. The largest absolute Gasteiger partial charge is 0.376 e. The Morgan fingerprint density at radius 3 is 2.60 bits per heavy atom. The Bertz CT molecular complexity index is 617. The third-order valence-corrected chi connectivity index (χ3v) is 4.21. The molecular weight excluding hydrogens is 387 g/mol. The smallest absolute Gasteiger partial charge is 0.129 e. The molecule has 2 nitrogen and oxygen atoms in total. The van der Waals surface area contributed by atoms with E-state index in [0.717, 1.165) is 15.7 Å². The molecule has 0 fully saturated rings. The molecule has 0 aliphatic rings. The summed E-state index contributed by atoms with van der Waals surface area (Å²) < 4.78 is 15.7. The number of hydrogen-bond donors (Lipinski definition) is 2. The molecule has 1 unspecified atom stereocenters. The SMILES string of the molecule is Cc1ccc(Br)c(NC(CN)c2ccc(Br)cc2F)c1. The second kappa shape index (κ2) is 6.70. The highest BCUT2D eigenvalue weighted by Gasteiger charge is 2.15. The average molecular weight is 402 g/mol. The second-order valence-corrected chi connectivity index (χ2v) is 6.35. The van der Waals surface area contributed by atoms with Crippen LogP contribution in [0.15, 0.2) is 45.3 Å². The van der Waals surface area contributed by atoms with Crippen molar-refractivity contribution in [3.8, 4) is 0 Å². The van der Waals surface area contributed by atoms with Crippen LogP contribution in [-0.4, -0.2) is 6.54 Å². The number of nitrogens with one attached hydrogen (secondary N) is 1. The number of anilines is 1. The van der Waals surface area contributed by atoms with Gasteiger partial charge in [-0.1, -0.05) is 28.1 Å². The van der Waals surface area contributed by atoms with Gasteiger partial charge in [0, 0.05) is 26.7 Å². The van der Waals surface area contributed by atoms with Crippen molar-refractivity contribution < 1.29 is 4.39 Å². The lowest BCUT2D eigenvalue weighted by molar-refractivity contribution is 0.592. The first kappa shape index (κ1) is 15.5. The topological polar surface area (TPSA) is 38.0 Å². The number of aryl methyl sites for hydroxylation is 1. The van der Waals surface area contributed by atoms with Crippen molar-refractivity contribution in [2.24, 2.45) is 5.73 Å². The van der Waals surface area contributed by atoms with Gasteiger partial charge in [-0.3, -0.25) is 0 Å². The lowest BCUT2D eigenvalue weighted by Gasteiger charge is -2.20. The maximum atomic E-state index is 14.0. The number of nitrogens with two attached hydrogens (primary N) is 1. The van der Waals surface area contributed by atoms with Crippen LogP contribution in [0.5, 0.6) is 0 Å². The average Bonchev–Trinajstić information content (AvgIpc) is 2.40. The Morgan fingerprint density at radius 1 is 1.20 bits per heavy atom. The lowest BCUT2D eigenvalue weighted by atomic mass is 10.1. The van der Waals surface area contributed by atoms with Gasteiger partial charge in [0.15, 0.2) is 0 Å². The summed E-state index contributed by atoms with van der Waals surface area (Å²) in [6.07, 6.45) is 0. The quantitative estimate of drug-likeness (QED) is 0.774. The molecule has 5 heteroatoms. The van der Waals surface area contributed by atoms with Crippen molar-refractivity contribution in [1.82, 2.24) is 0 Å². The van der Waals surface area contributed by atoms with Crippen LogP contribution in [0.25, 0.3) is 0 Å². The van der Waals surface area contributed by atoms with Gasteiger partial charge < -0.3 is 11.1 Å². The summed E-state index contributed by atoms with van der Waals surface area (Å²) in [5, 5.41) is 3.29. The van der Waals surface area contributed by atoms with Crippen molar-refractivity contribution in [2.45, 2.75) is 13.0 Å². The summed E-state index contributed by atoms with van der Waals surface area (Å²) in [6.45, 7) is 2.31. The highest BCUT2D eigenvalue weighted by atomic mass is 79.9. The highest BCUT2D eigenvalue weighted by Crippen LogP contribution is 2.29. The minimum atomic E-state index is -0.277. The Labute approximate surface area is 134 Å². The zero-order valence-corrected chi connectivity index (χ0v) is 14.1. The summed E-state index contributed by atoms with van der Waals surface area (Å²) in [7, 11) is 0. The molecule has 2 aromatic carbocycles. The maximum absolute atomic E-state index is 14.0. The van der Waals surface area contributed by atoms with Crippen molar-refractivity contribution in [3.63, 3.8) is 0 Å². The van der Waals surface area contributed by atoms with Gasteiger partial charge in [0.1, 0.15) is 5.82 Å². The van der Waals surface area contributed by atoms with E-state index in [1.807, 2.05) is 31.2 Å². The summed E-state index contributed by atoms with van der Waals surface area (Å²) >= 11 is 6.74. The van der Waals surface area contributed by atoms with E-state index in [1.54, 1.807) is 6.07 Å². The molecule has 0 saturated heterocycles. The van der Waals surface area contributed by atoms with Crippen molar-refractivity contribution >= 4 is 37.5 Å². The van der Waals surface area contributed by atoms with Crippen molar-refractivity contribution in [2.75, 3.05) is 11.9 Å². The molecule has 2 aromatic rings. The van der Waals surface area contributed by atoms with Crippen LogP contribution in [-0.2, 0) is 0 Å². The van der Waals surface area contributed by atoms with Crippen molar-refractivity contribution in [1.29, 1.82) is 0 Å². The minimum Gasteiger partial charge on any atom is -0.376 e. The minimum absolute atomic E-state index is 0.272. The normalized spacial score (nSPS) is 12.2. The molecule has 20 heavy (non-hydrogen) atoms. The van der Waals surface area contributed by atoms with Gasteiger partial charge >= 0.3 is 0 Å². The molecule has 0 heterocycles. The fraction of sp³-hybridized carbons (Fsp3) is 0.200. The van der Waals surface area contributed by atoms with Crippen LogP contribution in [0.3, 0.4) is 0 Å². The molecule has 3 N–H and O–H groups in total. The molecule has 0 bridgehead atoms. The fourth-order valence-electron chi connectivity index (χ4n) is 1.99. The van der Waals surface area contributed by atoms with Crippen molar-refractivity contribution in [3.05, 3.63) is 62.3 Å². The molecule has 0 saturated carbocycles. The number of halogens is 3. The Balaban J connectivity index is 2.31. The monoisotopic (exact) mass is 400 g/mol. The van der Waals surface area contributed by atoms with Crippen LogP contribution in [0.2, 0.25) is 0 Å². The van der Waals surface area contributed by atoms with Crippen LogP contribution in [0.1, 0.15) is 17.2 Å². The maximum Gasteiger partial charge on any atom is 0.129 e.